The molecule has 3 aromatic rings. The molecule has 0 saturated carbocycles. The highest BCUT2D eigenvalue weighted by Crippen LogP contribution is 2.24. The van der Waals surface area contributed by atoms with Crippen LogP contribution in [0.2, 0.25) is 0 Å². The van der Waals surface area contributed by atoms with Crippen molar-refractivity contribution in [1.82, 2.24) is 24.9 Å². The highest BCUT2D eigenvalue weighted by molar-refractivity contribution is 6.39. The normalized spacial score (nSPS) is 11.1. The molecule has 0 aliphatic carbocycles. The number of nitrogens with one attached hydrogen (secondary N) is 2. The van der Waals surface area contributed by atoms with Crippen molar-refractivity contribution < 1.29 is 18.4 Å². The monoisotopic (exact) mass is 376 g/mol. The number of anilines is 1. The Labute approximate surface area is 153 Å². The van der Waals surface area contributed by atoms with Crippen LogP contribution in [0.5, 0.6) is 0 Å². The van der Waals surface area contributed by atoms with Crippen LogP contribution in [0.25, 0.3) is 10.9 Å². The van der Waals surface area contributed by atoms with Gasteiger partial charge in [0, 0.05) is 38.6 Å². The van der Waals surface area contributed by atoms with E-state index in [2.05, 4.69) is 20.8 Å². The summed E-state index contributed by atoms with van der Waals surface area (Å²) in [6.07, 6.45) is -1.22. The van der Waals surface area contributed by atoms with Gasteiger partial charge in [0.2, 0.25) is 0 Å². The fourth-order valence-electron chi connectivity index (χ4n) is 2.79. The molecule has 2 heterocycles. The van der Waals surface area contributed by atoms with Gasteiger partial charge in [-0.3, -0.25) is 19.0 Å². The molecular weight excluding hydrogens is 358 g/mol. The second kappa shape index (κ2) is 7.52. The smallest absolute Gasteiger partial charge is 0.313 e. The Bertz CT molecular complexity index is 995. The minimum atomic E-state index is -2.86. The molecule has 3 rings (SSSR count). The van der Waals surface area contributed by atoms with E-state index in [9.17, 15) is 18.4 Å². The molecule has 10 heteroatoms. The van der Waals surface area contributed by atoms with Crippen LogP contribution in [0.1, 0.15) is 17.8 Å². The SMILES string of the molecule is Cn1cc(NC(=O)C(=O)NCCc2nn(C)c3ccccc23)c(C(F)F)n1. The van der Waals surface area contributed by atoms with Gasteiger partial charge >= 0.3 is 11.8 Å². The summed E-state index contributed by atoms with van der Waals surface area (Å²) in [7, 11) is 3.27. The summed E-state index contributed by atoms with van der Waals surface area (Å²) >= 11 is 0. The van der Waals surface area contributed by atoms with Crippen LogP contribution in [0, 0.1) is 0 Å². The third kappa shape index (κ3) is 3.94. The second-order valence-corrected chi connectivity index (χ2v) is 5.95. The Balaban J connectivity index is 1.58. The van der Waals surface area contributed by atoms with Gasteiger partial charge < -0.3 is 10.6 Å². The van der Waals surface area contributed by atoms with Gasteiger partial charge in [-0.25, -0.2) is 8.78 Å². The molecule has 0 atom stereocenters. The number of aryl methyl sites for hydroxylation is 2. The number of carbonyl (C=O) groups excluding carboxylic acids is 2. The van der Waals surface area contributed by atoms with Crippen LogP contribution in [0.3, 0.4) is 0 Å². The summed E-state index contributed by atoms with van der Waals surface area (Å²) in [5.74, 6) is -1.95. The molecule has 0 spiro atoms. The van der Waals surface area contributed by atoms with E-state index in [0.29, 0.717) is 6.42 Å². The van der Waals surface area contributed by atoms with Crippen molar-refractivity contribution in [3.05, 3.63) is 41.9 Å². The standard InChI is InChI=1S/C17H18F2N6O2/c1-24-9-12(14(23-24)15(18)19)21-17(27)16(26)20-8-7-11-10-5-3-4-6-13(10)25(2)22-11/h3-6,9,15H,7-8H2,1-2H3,(H,20,26)(H,21,27). The Morgan fingerprint density at radius 2 is 1.89 bits per heavy atom. The maximum atomic E-state index is 12.9. The van der Waals surface area contributed by atoms with Gasteiger partial charge in [-0.05, 0) is 6.07 Å². The van der Waals surface area contributed by atoms with E-state index >= 15 is 0 Å². The number of nitrogens with zero attached hydrogens (tertiary/aromatic N) is 4. The average molecular weight is 376 g/mol. The molecule has 27 heavy (non-hydrogen) atoms. The summed E-state index contributed by atoms with van der Waals surface area (Å²) in [5.41, 5.74) is 0.982. The van der Waals surface area contributed by atoms with E-state index in [-0.39, 0.29) is 12.2 Å². The van der Waals surface area contributed by atoms with Crippen molar-refractivity contribution in [2.75, 3.05) is 11.9 Å². The first kappa shape index (κ1) is 18.5. The average Bonchev–Trinajstić information content (AvgIpc) is 3.15. The van der Waals surface area contributed by atoms with Gasteiger partial charge in [-0.15, -0.1) is 0 Å². The molecule has 0 fully saturated rings. The molecule has 0 saturated heterocycles. The maximum absolute atomic E-state index is 12.9. The van der Waals surface area contributed by atoms with E-state index in [1.807, 2.05) is 31.3 Å². The molecule has 0 aliphatic rings. The zero-order valence-corrected chi connectivity index (χ0v) is 14.7. The molecule has 0 radical (unpaired) electrons. The van der Waals surface area contributed by atoms with Crippen LogP contribution in [0.15, 0.2) is 30.5 Å². The molecule has 2 N–H and O–H groups in total. The van der Waals surface area contributed by atoms with Crippen molar-refractivity contribution in [1.29, 1.82) is 0 Å². The number of alkyl halides is 2. The molecule has 1 aromatic carbocycles. The summed E-state index contributed by atoms with van der Waals surface area (Å²) in [5, 5.41) is 13.6. The first-order valence-corrected chi connectivity index (χ1v) is 8.18. The zero-order chi connectivity index (χ0) is 19.6. The molecular formula is C17H18F2N6O2. The Morgan fingerprint density at radius 1 is 1.15 bits per heavy atom. The highest BCUT2D eigenvalue weighted by atomic mass is 19.3. The Morgan fingerprint density at radius 3 is 2.63 bits per heavy atom. The summed E-state index contributed by atoms with van der Waals surface area (Å²) < 4.78 is 28.6. The topological polar surface area (TPSA) is 93.8 Å². The predicted octanol–water partition coefficient (Wildman–Crippen LogP) is 1.54. The van der Waals surface area contributed by atoms with Gasteiger partial charge in [0.25, 0.3) is 6.43 Å². The van der Waals surface area contributed by atoms with E-state index in [4.69, 9.17) is 0 Å². The van der Waals surface area contributed by atoms with Crippen LogP contribution in [-0.2, 0) is 30.1 Å². The molecule has 0 aliphatic heterocycles. The number of amides is 2. The Kier molecular flexibility index (Phi) is 5.15. The number of para-hydroxylation sites is 1. The number of hydrogen-bond acceptors (Lipinski definition) is 4. The predicted molar refractivity (Wildman–Crippen MR) is 94.2 cm³/mol. The first-order valence-electron chi connectivity index (χ1n) is 8.18. The third-order valence-electron chi connectivity index (χ3n) is 4.00. The largest absolute Gasteiger partial charge is 0.347 e. The van der Waals surface area contributed by atoms with Crippen LogP contribution >= 0.6 is 0 Å². The van der Waals surface area contributed by atoms with E-state index in [0.717, 1.165) is 21.3 Å². The van der Waals surface area contributed by atoms with Gasteiger partial charge in [0.05, 0.1) is 16.9 Å². The van der Waals surface area contributed by atoms with Gasteiger partial charge in [0.1, 0.15) is 0 Å². The molecule has 0 unspecified atom stereocenters. The van der Waals surface area contributed by atoms with Gasteiger partial charge in [-0.2, -0.15) is 10.2 Å². The number of benzene rings is 1. The van der Waals surface area contributed by atoms with Crippen LogP contribution in [0.4, 0.5) is 14.5 Å². The van der Waals surface area contributed by atoms with Crippen molar-refractivity contribution in [3.63, 3.8) is 0 Å². The lowest BCUT2D eigenvalue weighted by Gasteiger charge is -2.06. The maximum Gasteiger partial charge on any atom is 0.313 e. The molecule has 8 nitrogen and oxygen atoms in total. The minimum absolute atomic E-state index is 0.183. The quantitative estimate of drug-likeness (QED) is 0.661. The number of rotatable bonds is 5. The lowest BCUT2D eigenvalue weighted by Crippen LogP contribution is -2.36. The number of hydrogen-bond donors (Lipinski definition) is 2. The number of halogens is 2. The fraction of sp³-hybridized carbons (Fsp3) is 0.294. The third-order valence-corrected chi connectivity index (χ3v) is 4.00. The number of aromatic nitrogens is 4. The summed E-state index contributed by atoms with van der Waals surface area (Å²) in [6.45, 7) is 0.183. The fourth-order valence-corrected chi connectivity index (χ4v) is 2.79. The minimum Gasteiger partial charge on any atom is -0.347 e. The highest BCUT2D eigenvalue weighted by Gasteiger charge is 2.22. The molecule has 142 valence electrons. The van der Waals surface area contributed by atoms with Crippen molar-refractivity contribution in [3.8, 4) is 0 Å². The van der Waals surface area contributed by atoms with Crippen LogP contribution in [-0.4, -0.2) is 37.9 Å². The lowest BCUT2D eigenvalue weighted by molar-refractivity contribution is -0.136. The summed E-state index contributed by atoms with van der Waals surface area (Å²) in [6, 6.07) is 7.67. The number of fused-ring (bicyclic) bond motifs is 1. The summed E-state index contributed by atoms with van der Waals surface area (Å²) in [4.78, 5) is 23.9. The van der Waals surface area contributed by atoms with E-state index in [1.54, 1.807) is 4.68 Å². The molecule has 2 amide bonds. The number of carbonyl (C=O) groups is 2. The Hall–Kier alpha value is -3.30. The molecule has 2 aromatic heterocycles. The van der Waals surface area contributed by atoms with Crippen LogP contribution < -0.4 is 10.6 Å². The lowest BCUT2D eigenvalue weighted by atomic mass is 10.1. The van der Waals surface area contributed by atoms with E-state index < -0.39 is 23.9 Å². The van der Waals surface area contributed by atoms with Gasteiger partial charge in [-0.1, -0.05) is 18.2 Å². The van der Waals surface area contributed by atoms with Crippen molar-refractivity contribution in [2.24, 2.45) is 14.1 Å². The second-order valence-electron chi connectivity index (χ2n) is 5.95. The first-order chi connectivity index (χ1) is 12.9. The van der Waals surface area contributed by atoms with Crippen molar-refractivity contribution in [2.45, 2.75) is 12.8 Å². The van der Waals surface area contributed by atoms with E-state index in [1.165, 1.54) is 13.2 Å². The zero-order valence-electron chi connectivity index (χ0n) is 14.7. The van der Waals surface area contributed by atoms with Gasteiger partial charge in [0.15, 0.2) is 5.69 Å². The van der Waals surface area contributed by atoms with Crippen molar-refractivity contribution >= 4 is 28.4 Å². The molecule has 0 bridgehead atoms.